The molecular formula is C16H29NO. The highest BCUT2D eigenvalue weighted by molar-refractivity contribution is 4.98. The van der Waals surface area contributed by atoms with Crippen molar-refractivity contribution in [2.24, 2.45) is 17.3 Å². The van der Waals surface area contributed by atoms with Gasteiger partial charge < -0.3 is 10.1 Å². The zero-order valence-electron chi connectivity index (χ0n) is 11.9. The molecule has 0 bridgehead atoms. The molecule has 3 atom stereocenters. The van der Waals surface area contributed by atoms with Crippen molar-refractivity contribution < 1.29 is 4.74 Å². The van der Waals surface area contributed by atoms with E-state index in [-0.39, 0.29) is 0 Å². The van der Waals surface area contributed by atoms with Crippen LogP contribution in [0.4, 0.5) is 0 Å². The topological polar surface area (TPSA) is 21.3 Å². The highest BCUT2D eigenvalue weighted by atomic mass is 16.5. The minimum absolute atomic E-state index is 0.542. The Morgan fingerprint density at radius 3 is 2.83 bits per heavy atom. The summed E-state index contributed by atoms with van der Waals surface area (Å²) in [5.41, 5.74) is 0.624. The van der Waals surface area contributed by atoms with Crippen LogP contribution in [0.2, 0.25) is 0 Å². The minimum Gasteiger partial charge on any atom is -0.378 e. The lowest BCUT2D eigenvalue weighted by atomic mass is 9.60. The summed E-state index contributed by atoms with van der Waals surface area (Å²) < 4.78 is 5.95. The smallest absolute Gasteiger partial charge is 0.0578 e. The molecule has 1 aliphatic carbocycles. The molecule has 2 aliphatic heterocycles. The van der Waals surface area contributed by atoms with E-state index in [1.54, 1.807) is 0 Å². The number of hydrogen-bond acceptors (Lipinski definition) is 2. The van der Waals surface area contributed by atoms with Gasteiger partial charge >= 0.3 is 0 Å². The van der Waals surface area contributed by atoms with E-state index in [2.05, 4.69) is 12.2 Å². The molecule has 3 fully saturated rings. The molecule has 0 aromatic rings. The molecule has 104 valence electrons. The van der Waals surface area contributed by atoms with Crippen molar-refractivity contribution in [3.05, 3.63) is 0 Å². The van der Waals surface area contributed by atoms with Crippen LogP contribution in [0.1, 0.15) is 58.3 Å². The molecule has 0 aromatic carbocycles. The lowest BCUT2D eigenvalue weighted by Gasteiger charge is -2.51. The molecule has 1 N–H and O–H groups in total. The van der Waals surface area contributed by atoms with E-state index in [1.165, 1.54) is 64.5 Å². The van der Waals surface area contributed by atoms with Gasteiger partial charge in [0.05, 0.1) is 6.10 Å². The Labute approximate surface area is 112 Å². The average Bonchev–Trinajstić information content (AvgIpc) is 2.93. The zero-order chi connectivity index (χ0) is 12.4. The van der Waals surface area contributed by atoms with Gasteiger partial charge in [-0.25, -0.2) is 0 Å². The number of piperidine rings is 1. The Balaban J connectivity index is 1.76. The van der Waals surface area contributed by atoms with E-state index in [4.69, 9.17) is 4.74 Å². The minimum atomic E-state index is 0.542. The maximum atomic E-state index is 5.95. The van der Waals surface area contributed by atoms with Crippen LogP contribution < -0.4 is 5.32 Å². The molecule has 18 heavy (non-hydrogen) atoms. The first-order chi connectivity index (χ1) is 8.84. The van der Waals surface area contributed by atoms with Crippen molar-refractivity contribution in [2.75, 3.05) is 19.7 Å². The number of hydrogen-bond donors (Lipinski definition) is 1. The van der Waals surface area contributed by atoms with Crippen LogP contribution in [0.3, 0.4) is 0 Å². The summed E-state index contributed by atoms with van der Waals surface area (Å²) in [4.78, 5) is 0. The van der Waals surface area contributed by atoms with Crippen molar-refractivity contribution in [3.8, 4) is 0 Å². The summed E-state index contributed by atoms with van der Waals surface area (Å²) in [5, 5.41) is 3.68. The van der Waals surface area contributed by atoms with Crippen LogP contribution in [0.25, 0.3) is 0 Å². The Morgan fingerprint density at radius 2 is 2.06 bits per heavy atom. The van der Waals surface area contributed by atoms with Crippen LogP contribution in [0.5, 0.6) is 0 Å². The van der Waals surface area contributed by atoms with E-state index >= 15 is 0 Å². The fourth-order valence-electron chi connectivity index (χ4n) is 4.89. The first-order valence-electron chi connectivity index (χ1n) is 8.16. The zero-order valence-corrected chi connectivity index (χ0v) is 11.9. The summed E-state index contributed by atoms with van der Waals surface area (Å²) in [6.45, 7) is 5.82. The van der Waals surface area contributed by atoms with E-state index in [1.807, 2.05) is 0 Å². The third-order valence-electron chi connectivity index (χ3n) is 5.96. The predicted molar refractivity (Wildman–Crippen MR) is 74.6 cm³/mol. The van der Waals surface area contributed by atoms with Gasteiger partial charge in [-0.05, 0) is 56.0 Å². The second-order valence-electron chi connectivity index (χ2n) is 6.82. The van der Waals surface area contributed by atoms with Crippen molar-refractivity contribution >= 4 is 0 Å². The first kappa shape index (κ1) is 12.9. The van der Waals surface area contributed by atoms with E-state index in [0.29, 0.717) is 11.5 Å². The Kier molecular flexibility index (Phi) is 3.95. The summed E-state index contributed by atoms with van der Waals surface area (Å²) in [6.07, 6.45) is 11.7. The SMILES string of the molecule is CCC1CC2(CCNCC2C2CCCC2)CCO1. The van der Waals surface area contributed by atoms with Crippen molar-refractivity contribution in [1.29, 1.82) is 0 Å². The monoisotopic (exact) mass is 251 g/mol. The molecule has 3 unspecified atom stereocenters. The van der Waals surface area contributed by atoms with Gasteiger partial charge in [0.2, 0.25) is 0 Å². The standard InChI is InChI=1S/C16H29NO/c1-2-14-11-16(8-10-18-14)7-9-17-12-15(16)13-5-3-4-6-13/h13-15,17H,2-12H2,1H3. The average molecular weight is 251 g/mol. The predicted octanol–water partition coefficient (Wildman–Crippen LogP) is 3.36. The van der Waals surface area contributed by atoms with Crippen LogP contribution in [-0.2, 0) is 4.74 Å². The number of ether oxygens (including phenoxy) is 1. The van der Waals surface area contributed by atoms with Crippen LogP contribution in [0.15, 0.2) is 0 Å². The molecule has 2 heteroatoms. The van der Waals surface area contributed by atoms with Gasteiger partial charge in [-0.2, -0.15) is 0 Å². The van der Waals surface area contributed by atoms with E-state index in [9.17, 15) is 0 Å². The van der Waals surface area contributed by atoms with Crippen molar-refractivity contribution in [1.82, 2.24) is 5.32 Å². The molecule has 2 heterocycles. The maximum absolute atomic E-state index is 5.95. The van der Waals surface area contributed by atoms with Gasteiger partial charge in [0.15, 0.2) is 0 Å². The molecule has 2 nitrogen and oxygen atoms in total. The molecule has 0 aromatic heterocycles. The summed E-state index contributed by atoms with van der Waals surface area (Å²) >= 11 is 0. The number of rotatable bonds is 2. The molecule has 0 amide bonds. The summed E-state index contributed by atoms with van der Waals surface area (Å²) in [5.74, 6) is 1.94. The van der Waals surface area contributed by atoms with Gasteiger partial charge in [0.25, 0.3) is 0 Å². The summed E-state index contributed by atoms with van der Waals surface area (Å²) in [7, 11) is 0. The van der Waals surface area contributed by atoms with Crippen molar-refractivity contribution in [3.63, 3.8) is 0 Å². The van der Waals surface area contributed by atoms with Crippen LogP contribution in [0, 0.1) is 17.3 Å². The molecule has 2 saturated heterocycles. The van der Waals surface area contributed by atoms with Crippen LogP contribution in [-0.4, -0.2) is 25.8 Å². The van der Waals surface area contributed by atoms with Gasteiger partial charge in [-0.15, -0.1) is 0 Å². The highest BCUT2D eigenvalue weighted by Crippen LogP contribution is 2.51. The third-order valence-corrected chi connectivity index (χ3v) is 5.96. The fourth-order valence-corrected chi connectivity index (χ4v) is 4.89. The largest absolute Gasteiger partial charge is 0.378 e. The Bertz CT molecular complexity index is 270. The molecule has 1 saturated carbocycles. The number of nitrogens with one attached hydrogen (secondary N) is 1. The fraction of sp³-hybridized carbons (Fsp3) is 1.00. The van der Waals surface area contributed by atoms with E-state index in [0.717, 1.165) is 18.4 Å². The Hall–Kier alpha value is -0.0800. The lowest BCUT2D eigenvalue weighted by Crippen LogP contribution is -2.52. The lowest BCUT2D eigenvalue weighted by molar-refractivity contribution is -0.0947. The molecule has 3 rings (SSSR count). The summed E-state index contributed by atoms with van der Waals surface area (Å²) in [6, 6.07) is 0. The third kappa shape index (κ3) is 2.34. The van der Waals surface area contributed by atoms with E-state index < -0.39 is 0 Å². The first-order valence-corrected chi connectivity index (χ1v) is 8.16. The highest BCUT2D eigenvalue weighted by Gasteiger charge is 2.47. The molecular weight excluding hydrogens is 222 g/mol. The van der Waals surface area contributed by atoms with Crippen molar-refractivity contribution in [2.45, 2.75) is 64.4 Å². The molecule has 3 aliphatic rings. The second kappa shape index (κ2) is 5.50. The van der Waals surface area contributed by atoms with Gasteiger partial charge in [-0.1, -0.05) is 32.6 Å². The normalized spacial score (nSPS) is 42.5. The van der Waals surface area contributed by atoms with Gasteiger partial charge in [0.1, 0.15) is 0 Å². The quantitative estimate of drug-likeness (QED) is 0.812. The Morgan fingerprint density at radius 1 is 1.22 bits per heavy atom. The van der Waals surface area contributed by atoms with Gasteiger partial charge in [0, 0.05) is 6.61 Å². The van der Waals surface area contributed by atoms with Crippen LogP contribution >= 0.6 is 0 Å². The second-order valence-corrected chi connectivity index (χ2v) is 6.82. The maximum Gasteiger partial charge on any atom is 0.0578 e. The molecule has 1 spiro atoms. The van der Waals surface area contributed by atoms with Gasteiger partial charge in [-0.3, -0.25) is 0 Å². The molecule has 0 radical (unpaired) electrons.